The molecule has 2 aliphatic heterocycles. The number of ether oxygens (including phenoxy) is 4. The monoisotopic (exact) mass is 1340 g/mol. The van der Waals surface area contributed by atoms with Crippen molar-refractivity contribution in [1.82, 2.24) is 0 Å². The maximum absolute atomic E-state index is 11.3. The molecule has 8 atom stereocenters. The van der Waals surface area contributed by atoms with Gasteiger partial charge in [-0.05, 0) is 129 Å². The zero-order chi connectivity index (χ0) is 62.6. The van der Waals surface area contributed by atoms with E-state index < -0.39 is 15.8 Å². The second-order valence-electron chi connectivity index (χ2n) is 21.7. The Labute approximate surface area is 544 Å². The first kappa shape index (κ1) is 71.2. The fourth-order valence-corrected chi connectivity index (χ4v) is 17.7. The van der Waals surface area contributed by atoms with E-state index >= 15 is 0 Å². The van der Waals surface area contributed by atoms with Gasteiger partial charge in [-0.2, -0.15) is 0 Å². The first-order valence-corrected chi connectivity index (χ1v) is 35.3. The smallest absolute Gasteiger partial charge is 0.0620 e. The molecule has 8 unspecified atom stereocenters. The van der Waals surface area contributed by atoms with Crippen molar-refractivity contribution in [2.75, 3.05) is 14.2 Å². The van der Waals surface area contributed by atoms with E-state index in [1.165, 1.54) is 57.2 Å². The Morgan fingerprint density at radius 1 is 0.539 bits per heavy atom. The number of aryl methyl sites for hydroxylation is 2. The molecule has 2 N–H and O–H groups in total. The third kappa shape index (κ3) is 19.1. The molecule has 0 saturated heterocycles. The summed E-state index contributed by atoms with van der Waals surface area (Å²) in [6, 6.07) is 77.4. The number of benzene rings is 8. The van der Waals surface area contributed by atoms with Gasteiger partial charge in [0.1, 0.15) is 55.5 Å². The van der Waals surface area contributed by atoms with E-state index in [9.17, 15) is 19.8 Å². The predicted molar refractivity (Wildman–Crippen MR) is 368 cm³/mol. The van der Waals surface area contributed by atoms with Crippen LogP contribution in [-0.4, -0.2) is 67.6 Å². The maximum atomic E-state index is 11.3. The van der Waals surface area contributed by atoms with Gasteiger partial charge in [-0.1, -0.05) is 164 Å². The van der Waals surface area contributed by atoms with Crippen LogP contribution < -0.4 is 41.3 Å². The Morgan fingerprint density at radius 3 is 1.19 bits per heavy atom. The van der Waals surface area contributed by atoms with Crippen molar-refractivity contribution in [1.29, 1.82) is 0 Å². The molecule has 8 aromatic rings. The van der Waals surface area contributed by atoms with Crippen molar-refractivity contribution in [3.8, 4) is 11.5 Å². The van der Waals surface area contributed by atoms with Gasteiger partial charge in [-0.25, -0.2) is 0 Å². The zero-order valence-corrected chi connectivity index (χ0v) is 55.9. The molecule has 2 fully saturated rings. The minimum atomic E-state index is -0.877. The van der Waals surface area contributed by atoms with E-state index in [0.29, 0.717) is 25.7 Å². The zero-order valence-electron chi connectivity index (χ0n) is 51.3. The van der Waals surface area contributed by atoms with Crippen LogP contribution in [0.3, 0.4) is 0 Å². The first-order chi connectivity index (χ1) is 43.2. The fraction of sp³-hybridized carbons (Fsp3) is 0.263. The summed E-state index contributed by atoms with van der Waals surface area (Å²) in [6.45, 7) is 9.05. The molecule has 4 aliphatic rings. The number of hydrogen-bond acceptors (Lipinski definition) is 9. The number of rotatable bonds is 17. The molecular weight excluding hydrogens is 1260 g/mol. The Kier molecular flexibility index (Phi) is 30.4. The van der Waals surface area contributed by atoms with Crippen LogP contribution in [-0.2, 0) is 54.0 Å². The second kappa shape index (κ2) is 38.0. The van der Waals surface area contributed by atoms with E-state index in [-0.39, 0.29) is 67.5 Å². The summed E-state index contributed by atoms with van der Waals surface area (Å²) in [4.78, 5) is 30.3. The average molecular weight is 1340 g/mol. The Balaban J connectivity index is 0.000000185. The van der Waals surface area contributed by atoms with E-state index in [1.807, 2.05) is 25.1 Å². The Bertz CT molecular complexity index is 3080. The molecule has 0 aromatic heterocycles. The van der Waals surface area contributed by atoms with Crippen LogP contribution in [0.25, 0.3) is 0 Å². The van der Waals surface area contributed by atoms with Gasteiger partial charge in [0, 0.05) is 54.6 Å². The van der Waals surface area contributed by atoms with E-state index in [1.54, 1.807) is 17.3 Å². The quantitative estimate of drug-likeness (QED) is 0.0229. The third-order valence-corrected chi connectivity index (χ3v) is 21.9. The molecule has 0 spiro atoms. The molecule has 12 rings (SSSR count). The normalized spacial score (nSPS) is 19.2. The number of carbonyl (C=O) groups excluding carboxylic acids is 3. The van der Waals surface area contributed by atoms with Crippen molar-refractivity contribution in [2.45, 2.75) is 101 Å². The predicted octanol–water partition coefficient (Wildman–Crippen LogP) is 12.9. The number of methoxy groups -OCH3 is 2. The molecule has 2 saturated carbocycles. The van der Waals surface area contributed by atoms with E-state index in [0.717, 1.165) is 54.7 Å². The maximum Gasteiger partial charge on any atom is 0.102 e. The van der Waals surface area contributed by atoms with Gasteiger partial charge in [0.25, 0.3) is 0 Å². The van der Waals surface area contributed by atoms with Gasteiger partial charge in [-0.15, -0.1) is 6.58 Å². The van der Waals surface area contributed by atoms with Crippen LogP contribution in [0, 0.1) is 19.3 Å². The van der Waals surface area contributed by atoms with Gasteiger partial charge < -0.3 is 41.4 Å². The van der Waals surface area contributed by atoms with Gasteiger partial charge in [0.2, 0.25) is 0 Å². The second-order valence-corrected chi connectivity index (χ2v) is 26.7. The minimum absolute atomic E-state index is 0. The Morgan fingerprint density at radius 2 is 0.865 bits per heavy atom. The van der Waals surface area contributed by atoms with Gasteiger partial charge in [0.05, 0.1) is 42.3 Å². The molecule has 2 heterocycles. The summed E-state index contributed by atoms with van der Waals surface area (Å²) < 4.78 is 21.7. The van der Waals surface area contributed by atoms with Crippen molar-refractivity contribution in [3.05, 3.63) is 273 Å². The number of halogens is 1. The molecule has 0 radical (unpaired) electrons. The van der Waals surface area contributed by atoms with Crippen LogP contribution in [0.15, 0.2) is 243 Å². The van der Waals surface area contributed by atoms with Crippen LogP contribution in [0.4, 0.5) is 0 Å². The standard InChI is InChI=1S/2C19H24O4.2C18H15P.CHO.CH3.ClH.Ru.H/c2*1-3-6-13-15(20)11-16-18(13)14-9-4-7-12(19(14)23-16)8-5-10-17(21)22-2;2*1-4-10-16(11-5-1)19(17-12-6-2-7-13-17)18-14-8-3-9-15-18;1-2;;;;/h3-4,6-7,9,13,15-16,18,20H,5,8,10-11H2,1-2H3;3-4,7,9,13,15-16,18,20H,1,5-6,8,10-11H2,2H3;2*1-15H;1H;1H3;1H;;/q;;;;2*-1;;+3;/p+1/b6-3+;;;;;;;;. The van der Waals surface area contributed by atoms with Gasteiger partial charge in [-0.3, -0.25) is 16.4 Å². The number of carbonyl (C=O) groups is 2. The van der Waals surface area contributed by atoms with E-state index in [4.69, 9.17) is 14.3 Å². The summed E-state index contributed by atoms with van der Waals surface area (Å²) >= 11 is 1.62. The first-order valence-electron chi connectivity index (χ1n) is 30.0. The molecule has 9 nitrogen and oxygen atoms in total. The minimum Gasteiger partial charge on any atom is -0.0620 e. The number of hydrogen-bond donors (Lipinski definition) is 2. The van der Waals surface area contributed by atoms with Gasteiger partial charge in [0.15, 0.2) is 0 Å². The third-order valence-electron chi connectivity index (χ3n) is 16.4. The summed E-state index contributed by atoms with van der Waals surface area (Å²) in [7, 11) is 5.69. The van der Waals surface area contributed by atoms with Crippen molar-refractivity contribution in [3.63, 3.8) is 0 Å². The van der Waals surface area contributed by atoms with Crippen molar-refractivity contribution < 1.29 is 60.9 Å². The summed E-state index contributed by atoms with van der Waals surface area (Å²) in [5, 5.41) is 29.1. The molecule has 0 bridgehead atoms. The summed E-state index contributed by atoms with van der Waals surface area (Å²) in [5.74, 6) is 2.37. The topological polar surface area (TPSA) is 129 Å². The van der Waals surface area contributed by atoms with Crippen molar-refractivity contribution in [2.24, 2.45) is 11.8 Å². The number of aliphatic hydroxyl groups is 2. The summed E-state index contributed by atoms with van der Waals surface area (Å²) in [6.07, 6.45) is 11.6. The molecule has 8 aromatic carbocycles. The molecular formula is C76H85ClO9P2Ru+2. The fourth-order valence-electron chi connectivity index (χ4n) is 12.5. The molecule has 466 valence electrons. The van der Waals surface area contributed by atoms with Crippen LogP contribution in [0.2, 0.25) is 0 Å². The number of fused-ring (bicyclic) bond motifs is 6. The average Bonchev–Trinajstić information content (AvgIpc) is 2.32. The van der Waals surface area contributed by atoms with E-state index in [2.05, 4.69) is 251 Å². The number of aliphatic hydroxyl groups excluding tert-OH is 2. The molecule has 2 aliphatic carbocycles. The number of para-hydroxylation sites is 2. The van der Waals surface area contributed by atoms with Gasteiger partial charge >= 0.3 is 38.9 Å². The van der Waals surface area contributed by atoms with Crippen LogP contribution in [0.5, 0.6) is 11.5 Å². The summed E-state index contributed by atoms with van der Waals surface area (Å²) in [5.41, 5.74) is 4.70. The van der Waals surface area contributed by atoms with Crippen LogP contribution >= 0.6 is 25.5 Å². The molecule has 0 amide bonds. The SMILES string of the molecule is C/C=C/C1C(O)CC2Oc3c(CCCC(=O)OC)cccc3C21.C=CCC1C(O)CC2Oc3c(CCCC(=O)OC)cccc3C21.[CH-]=O.[CH3-].[Cl][RuH+2].c1ccc([PH+](c2ccccc2)c2ccccc2)cc1.c1ccc([PH+](c2ccccc2)c2ccccc2)cc1. The largest absolute Gasteiger partial charge is 0.102 e. The Hall–Kier alpha value is -6.86. The van der Waals surface area contributed by atoms with Crippen molar-refractivity contribution >= 4 is 76.1 Å². The van der Waals surface area contributed by atoms with Crippen LogP contribution in [0.1, 0.15) is 86.0 Å². The number of esters is 2. The number of allylic oxidation sites excluding steroid dienone is 2. The molecule has 89 heavy (non-hydrogen) atoms. The molecule has 13 heteroatoms.